The molecule has 44 heavy (non-hydrogen) atoms. The molecule has 16 nitrogen and oxygen atoms in total. The van der Waals surface area contributed by atoms with Crippen molar-refractivity contribution < 1.29 is 59.5 Å². The van der Waals surface area contributed by atoms with E-state index in [1.54, 1.807) is 0 Å². The van der Waals surface area contributed by atoms with Crippen LogP contribution in [0.4, 0.5) is 0 Å². The molecule has 0 aromatic carbocycles. The van der Waals surface area contributed by atoms with Gasteiger partial charge in [0.1, 0.15) is 54.9 Å². The number of carbonyl (C=O) groups is 1. The van der Waals surface area contributed by atoms with Gasteiger partial charge in [-0.3, -0.25) is 9.69 Å². The van der Waals surface area contributed by atoms with Gasteiger partial charge in [-0.2, -0.15) is 0 Å². The van der Waals surface area contributed by atoms with E-state index < -0.39 is 104 Å². The number of likely N-dealkylation sites (N-methyl/N-ethyl adjacent to an activating group) is 1. The van der Waals surface area contributed by atoms with Crippen LogP contribution in [-0.2, 0) is 23.7 Å². The number of Topliss-reactive ketones (excluding diaryl/α,β-unsaturated/α-hetero) is 1. The first-order chi connectivity index (χ1) is 20.9. The lowest BCUT2D eigenvalue weighted by atomic mass is 9.76. The molecule has 1 saturated carbocycles. The van der Waals surface area contributed by atoms with E-state index in [1.807, 2.05) is 14.0 Å². The smallest absolute Gasteiger partial charge is 0.187 e. The van der Waals surface area contributed by atoms with Crippen molar-refractivity contribution in [3.05, 3.63) is 0 Å². The minimum atomic E-state index is -1.51. The van der Waals surface area contributed by atoms with Gasteiger partial charge in [0.25, 0.3) is 0 Å². The fourth-order valence-electron chi connectivity index (χ4n) is 6.50. The first-order valence-electron chi connectivity index (χ1n) is 15.6. The predicted octanol–water partition coefficient (Wildman–Crippen LogP) is -4.95. The first kappa shape index (κ1) is 35.9. The molecule has 3 aliphatic heterocycles. The van der Waals surface area contributed by atoms with Crippen molar-refractivity contribution >= 4 is 5.78 Å². The summed E-state index contributed by atoms with van der Waals surface area (Å²) in [6, 6.07) is -2.15. The molecule has 0 radical (unpaired) electrons. The van der Waals surface area contributed by atoms with Crippen molar-refractivity contribution in [2.75, 3.05) is 46.4 Å². The van der Waals surface area contributed by atoms with Crippen LogP contribution < -0.4 is 11.5 Å². The Bertz CT molecular complexity index is 914. The quantitative estimate of drug-likeness (QED) is 0.0972. The highest BCUT2D eigenvalue weighted by molar-refractivity contribution is 5.83. The highest BCUT2D eigenvalue weighted by Gasteiger charge is 2.53. The van der Waals surface area contributed by atoms with Gasteiger partial charge in [0, 0.05) is 45.2 Å². The van der Waals surface area contributed by atoms with Crippen molar-refractivity contribution in [1.29, 1.82) is 0 Å². The molecule has 1 aliphatic carbocycles. The molecule has 0 amide bonds. The SMILES string of the molecule is CCC[C@H](O)C(=O)C[C@@H]1CC(N)[C@@H](O[C@H]2OC(CO)[C@@H](O)[C@H](O)C2N)[C@H](O[C@@H]2O[C@H](CN3CCN(C)CC3)[C@H](O)C2O)C1O. The number of carbonyl (C=O) groups excluding carboxylic acids is 1. The average molecular weight is 637 g/mol. The molecule has 4 aliphatic rings. The van der Waals surface area contributed by atoms with E-state index in [9.17, 15) is 40.5 Å². The topological polar surface area (TPSA) is 254 Å². The maximum atomic E-state index is 12.7. The fraction of sp³-hybridized carbons (Fsp3) is 0.964. The monoisotopic (exact) mass is 636 g/mol. The second kappa shape index (κ2) is 15.8. The summed E-state index contributed by atoms with van der Waals surface area (Å²) in [6.45, 7) is 4.75. The van der Waals surface area contributed by atoms with Crippen molar-refractivity contribution in [2.24, 2.45) is 17.4 Å². The Balaban J connectivity index is 1.52. The Morgan fingerprint density at radius 2 is 1.50 bits per heavy atom. The van der Waals surface area contributed by atoms with Crippen LogP contribution in [0.1, 0.15) is 32.6 Å². The van der Waals surface area contributed by atoms with Gasteiger partial charge in [-0.15, -0.1) is 0 Å². The molecule has 16 heteroatoms. The number of aliphatic hydroxyl groups excluding tert-OH is 7. The summed E-state index contributed by atoms with van der Waals surface area (Å²) in [5.74, 6) is -1.21. The Hall–Kier alpha value is -0.930. The molecule has 4 fully saturated rings. The van der Waals surface area contributed by atoms with Crippen LogP contribution in [0.15, 0.2) is 0 Å². The number of rotatable bonds is 12. The maximum absolute atomic E-state index is 12.7. The summed E-state index contributed by atoms with van der Waals surface area (Å²) in [7, 11) is 2.02. The van der Waals surface area contributed by atoms with Gasteiger partial charge in [-0.1, -0.05) is 13.3 Å². The lowest BCUT2D eigenvalue weighted by Gasteiger charge is -2.47. The van der Waals surface area contributed by atoms with Gasteiger partial charge in [0.15, 0.2) is 18.4 Å². The summed E-state index contributed by atoms with van der Waals surface area (Å²) in [6.07, 6.45) is -14.9. The minimum Gasteiger partial charge on any atom is -0.394 e. The molecule has 0 spiro atoms. The third-order valence-electron chi connectivity index (χ3n) is 9.40. The van der Waals surface area contributed by atoms with Crippen molar-refractivity contribution in [1.82, 2.24) is 9.80 Å². The number of nitrogens with two attached hydrogens (primary N) is 2. The molecule has 256 valence electrons. The molecule has 3 heterocycles. The Kier molecular flexibility index (Phi) is 12.9. The molecule has 15 atom stereocenters. The number of hydrogen-bond donors (Lipinski definition) is 9. The van der Waals surface area contributed by atoms with Crippen LogP contribution in [0.25, 0.3) is 0 Å². The van der Waals surface area contributed by atoms with Crippen molar-refractivity contribution in [3.8, 4) is 0 Å². The highest BCUT2D eigenvalue weighted by atomic mass is 16.7. The van der Waals surface area contributed by atoms with Crippen LogP contribution in [-0.4, -0.2) is 183 Å². The van der Waals surface area contributed by atoms with E-state index in [2.05, 4.69) is 9.80 Å². The molecule has 0 aromatic rings. The third kappa shape index (κ3) is 8.13. The van der Waals surface area contributed by atoms with Crippen LogP contribution in [0.3, 0.4) is 0 Å². The van der Waals surface area contributed by atoms with Gasteiger partial charge >= 0.3 is 0 Å². The predicted molar refractivity (Wildman–Crippen MR) is 153 cm³/mol. The van der Waals surface area contributed by atoms with Gasteiger partial charge in [-0.25, -0.2) is 0 Å². The van der Waals surface area contributed by atoms with Crippen LogP contribution in [0.2, 0.25) is 0 Å². The summed E-state index contributed by atoms with van der Waals surface area (Å²) < 4.78 is 23.8. The number of ether oxygens (including phenoxy) is 4. The summed E-state index contributed by atoms with van der Waals surface area (Å²) in [4.78, 5) is 17.0. The van der Waals surface area contributed by atoms with Crippen molar-refractivity contribution in [3.63, 3.8) is 0 Å². The van der Waals surface area contributed by atoms with Crippen LogP contribution in [0.5, 0.6) is 0 Å². The zero-order valence-corrected chi connectivity index (χ0v) is 25.5. The summed E-state index contributed by atoms with van der Waals surface area (Å²) in [5, 5.41) is 73.7. The van der Waals surface area contributed by atoms with Gasteiger partial charge in [0.2, 0.25) is 0 Å². The van der Waals surface area contributed by atoms with Crippen molar-refractivity contribution in [2.45, 2.75) is 118 Å². The highest BCUT2D eigenvalue weighted by Crippen LogP contribution is 2.36. The second-order valence-electron chi connectivity index (χ2n) is 12.7. The second-order valence-corrected chi connectivity index (χ2v) is 12.7. The van der Waals surface area contributed by atoms with E-state index in [0.717, 1.165) is 26.2 Å². The molecule has 4 rings (SSSR count). The zero-order valence-electron chi connectivity index (χ0n) is 25.5. The molecular weight excluding hydrogens is 584 g/mol. The molecule has 0 bridgehead atoms. The van der Waals surface area contributed by atoms with Crippen LogP contribution in [0, 0.1) is 5.92 Å². The zero-order chi connectivity index (χ0) is 32.3. The minimum absolute atomic E-state index is 0.0789. The summed E-state index contributed by atoms with van der Waals surface area (Å²) in [5.41, 5.74) is 12.6. The third-order valence-corrected chi connectivity index (χ3v) is 9.40. The Morgan fingerprint density at radius 1 is 0.886 bits per heavy atom. The lowest BCUT2D eigenvalue weighted by Crippen LogP contribution is -2.66. The molecule has 11 N–H and O–H groups in total. The molecule has 5 unspecified atom stereocenters. The van der Waals surface area contributed by atoms with E-state index in [1.165, 1.54) is 0 Å². The number of piperazine rings is 1. The number of hydrogen-bond acceptors (Lipinski definition) is 16. The summed E-state index contributed by atoms with van der Waals surface area (Å²) >= 11 is 0. The van der Waals surface area contributed by atoms with Gasteiger partial charge < -0.3 is 71.1 Å². The van der Waals surface area contributed by atoms with Gasteiger partial charge in [-0.05, 0) is 25.8 Å². The molecule has 3 saturated heterocycles. The first-order valence-corrected chi connectivity index (χ1v) is 15.6. The number of nitrogens with zero attached hydrogens (tertiary/aromatic N) is 2. The number of aliphatic hydroxyl groups is 7. The fourth-order valence-corrected chi connectivity index (χ4v) is 6.50. The average Bonchev–Trinajstić information content (AvgIpc) is 3.25. The van der Waals surface area contributed by atoms with Crippen LogP contribution >= 0.6 is 0 Å². The largest absolute Gasteiger partial charge is 0.394 e. The molecule has 0 aromatic heterocycles. The molecular formula is C28H52N4O12. The number of ketones is 1. The van der Waals surface area contributed by atoms with E-state index in [0.29, 0.717) is 13.0 Å². The van der Waals surface area contributed by atoms with E-state index >= 15 is 0 Å². The van der Waals surface area contributed by atoms with E-state index in [-0.39, 0.29) is 19.3 Å². The Morgan fingerprint density at radius 3 is 2.14 bits per heavy atom. The normalized spacial score (nSPS) is 45.0. The Labute approximate surface area is 257 Å². The van der Waals surface area contributed by atoms with Gasteiger partial charge in [0.05, 0.1) is 18.8 Å². The standard InChI is InChI=1S/C28H52N4O12/c1-3-4-15(34)16(35)10-13-9-14(29)25(43-27-19(30)23(39)22(38)18(12-33)42-27)26(20(13)36)44-28-24(40)21(37)17(41-28)11-32-7-5-31(2)6-8-32/h13-15,17-28,33-34,36-40H,3-12,29-30H2,1-2H3/t13-,14?,15-,17+,18?,19?,20?,21-,22+,23+,24?,25+,26+,27+,28-/m0/s1. The lowest BCUT2D eigenvalue weighted by molar-refractivity contribution is -0.312. The maximum Gasteiger partial charge on any atom is 0.187 e. The van der Waals surface area contributed by atoms with E-state index in [4.69, 9.17) is 30.4 Å².